The lowest BCUT2D eigenvalue weighted by Crippen LogP contribution is -2.39. The molecule has 0 saturated heterocycles. The SMILES string of the molecule is CN=C(NCCCOC(C)C)N(C)Cc1ccc(F)cc1. The maximum Gasteiger partial charge on any atom is 0.193 e. The summed E-state index contributed by atoms with van der Waals surface area (Å²) in [5.41, 5.74) is 1.05. The van der Waals surface area contributed by atoms with E-state index in [9.17, 15) is 4.39 Å². The molecule has 0 amide bonds. The number of ether oxygens (including phenoxy) is 1. The lowest BCUT2D eigenvalue weighted by atomic mass is 10.2. The van der Waals surface area contributed by atoms with Crippen LogP contribution in [-0.2, 0) is 11.3 Å². The van der Waals surface area contributed by atoms with Crippen molar-refractivity contribution < 1.29 is 9.13 Å². The second kappa shape index (κ2) is 9.34. The predicted octanol–water partition coefficient (Wildman–Crippen LogP) is 2.65. The zero-order chi connectivity index (χ0) is 15.7. The van der Waals surface area contributed by atoms with Gasteiger partial charge in [-0.2, -0.15) is 0 Å². The van der Waals surface area contributed by atoms with Gasteiger partial charge in [-0.15, -0.1) is 0 Å². The summed E-state index contributed by atoms with van der Waals surface area (Å²) < 4.78 is 18.4. The Kier molecular flexibility index (Phi) is 7.75. The van der Waals surface area contributed by atoms with Crippen LogP contribution in [0.5, 0.6) is 0 Å². The third-order valence-corrected chi connectivity index (χ3v) is 2.96. The monoisotopic (exact) mass is 295 g/mol. The van der Waals surface area contributed by atoms with Gasteiger partial charge >= 0.3 is 0 Å². The highest BCUT2D eigenvalue weighted by Gasteiger charge is 2.06. The lowest BCUT2D eigenvalue weighted by molar-refractivity contribution is 0.0776. The van der Waals surface area contributed by atoms with Crippen molar-refractivity contribution in [3.63, 3.8) is 0 Å². The number of hydrogen-bond acceptors (Lipinski definition) is 2. The van der Waals surface area contributed by atoms with Gasteiger partial charge in [-0.1, -0.05) is 12.1 Å². The van der Waals surface area contributed by atoms with E-state index in [1.165, 1.54) is 12.1 Å². The van der Waals surface area contributed by atoms with Gasteiger partial charge in [0.1, 0.15) is 5.82 Å². The summed E-state index contributed by atoms with van der Waals surface area (Å²) in [5.74, 6) is 0.609. The molecule has 21 heavy (non-hydrogen) atoms. The van der Waals surface area contributed by atoms with Gasteiger partial charge in [0.05, 0.1) is 6.10 Å². The van der Waals surface area contributed by atoms with E-state index in [4.69, 9.17) is 4.74 Å². The molecule has 0 aliphatic heterocycles. The van der Waals surface area contributed by atoms with Gasteiger partial charge < -0.3 is 15.0 Å². The Morgan fingerprint density at radius 1 is 1.33 bits per heavy atom. The molecule has 1 aromatic rings. The summed E-state index contributed by atoms with van der Waals surface area (Å²) in [7, 11) is 3.72. The lowest BCUT2D eigenvalue weighted by Gasteiger charge is -2.22. The number of hydrogen-bond donors (Lipinski definition) is 1. The first-order valence-electron chi connectivity index (χ1n) is 7.30. The molecule has 0 aliphatic carbocycles. The van der Waals surface area contributed by atoms with Gasteiger partial charge in [0.25, 0.3) is 0 Å². The fraction of sp³-hybridized carbons (Fsp3) is 0.562. The van der Waals surface area contributed by atoms with E-state index in [0.29, 0.717) is 6.54 Å². The Balaban J connectivity index is 2.36. The highest BCUT2D eigenvalue weighted by Crippen LogP contribution is 2.05. The minimum absolute atomic E-state index is 0.214. The van der Waals surface area contributed by atoms with Gasteiger partial charge in [0.2, 0.25) is 0 Å². The molecule has 1 rings (SSSR count). The van der Waals surface area contributed by atoms with Crippen molar-refractivity contribution in [2.24, 2.45) is 4.99 Å². The van der Waals surface area contributed by atoms with Crippen LogP contribution in [0.15, 0.2) is 29.3 Å². The quantitative estimate of drug-likeness (QED) is 0.477. The predicted molar refractivity (Wildman–Crippen MR) is 84.9 cm³/mol. The number of nitrogens with zero attached hydrogens (tertiary/aromatic N) is 2. The normalized spacial score (nSPS) is 11.8. The molecule has 1 N–H and O–H groups in total. The van der Waals surface area contributed by atoms with E-state index in [1.807, 2.05) is 25.8 Å². The van der Waals surface area contributed by atoms with Crippen molar-refractivity contribution in [1.29, 1.82) is 0 Å². The van der Waals surface area contributed by atoms with E-state index in [1.54, 1.807) is 19.2 Å². The van der Waals surface area contributed by atoms with Crippen molar-refractivity contribution in [3.8, 4) is 0 Å². The molecule has 4 nitrogen and oxygen atoms in total. The molecule has 0 unspecified atom stereocenters. The second-order valence-corrected chi connectivity index (χ2v) is 5.23. The molecule has 118 valence electrons. The van der Waals surface area contributed by atoms with Crippen LogP contribution in [0.1, 0.15) is 25.8 Å². The number of aliphatic imine (C=N–C) groups is 1. The molecule has 0 bridgehead atoms. The fourth-order valence-corrected chi connectivity index (χ4v) is 1.91. The highest BCUT2D eigenvalue weighted by molar-refractivity contribution is 5.79. The Hall–Kier alpha value is -1.62. The Labute approximate surface area is 127 Å². The van der Waals surface area contributed by atoms with Crippen LogP contribution < -0.4 is 5.32 Å². The van der Waals surface area contributed by atoms with Crippen molar-refractivity contribution in [2.45, 2.75) is 32.9 Å². The molecule has 0 fully saturated rings. The van der Waals surface area contributed by atoms with Gasteiger partial charge in [0.15, 0.2) is 5.96 Å². The largest absolute Gasteiger partial charge is 0.379 e. The average molecular weight is 295 g/mol. The molecule has 0 aliphatic rings. The van der Waals surface area contributed by atoms with Crippen LogP contribution in [0.25, 0.3) is 0 Å². The average Bonchev–Trinajstić information content (AvgIpc) is 2.45. The van der Waals surface area contributed by atoms with Crippen LogP contribution in [0, 0.1) is 5.82 Å². The van der Waals surface area contributed by atoms with Crippen LogP contribution in [0.2, 0.25) is 0 Å². The van der Waals surface area contributed by atoms with E-state index in [-0.39, 0.29) is 11.9 Å². The van der Waals surface area contributed by atoms with Crippen molar-refractivity contribution in [3.05, 3.63) is 35.6 Å². The molecule has 1 aromatic carbocycles. The van der Waals surface area contributed by atoms with Gasteiger partial charge in [-0.3, -0.25) is 4.99 Å². The molecule has 0 radical (unpaired) electrons. The van der Waals surface area contributed by atoms with E-state index >= 15 is 0 Å². The molecule has 0 spiro atoms. The Bertz CT molecular complexity index is 432. The van der Waals surface area contributed by atoms with Crippen molar-refractivity contribution in [2.75, 3.05) is 27.2 Å². The molecular formula is C16H26FN3O. The van der Waals surface area contributed by atoms with Crippen LogP contribution in [-0.4, -0.2) is 44.2 Å². The number of rotatable bonds is 7. The minimum Gasteiger partial charge on any atom is -0.379 e. The third kappa shape index (κ3) is 7.09. The summed E-state index contributed by atoms with van der Waals surface area (Å²) >= 11 is 0. The van der Waals surface area contributed by atoms with Crippen LogP contribution in [0.3, 0.4) is 0 Å². The van der Waals surface area contributed by atoms with Gasteiger partial charge in [-0.05, 0) is 38.0 Å². The third-order valence-electron chi connectivity index (χ3n) is 2.96. The van der Waals surface area contributed by atoms with E-state index in [2.05, 4.69) is 10.3 Å². The van der Waals surface area contributed by atoms with Gasteiger partial charge in [-0.25, -0.2) is 4.39 Å². The zero-order valence-corrected chi connectivity index (χ0v) is 13.4. The summed E-state index contributed by atoms with van der Waals surface area (Å²) in [6.07, 6.45) is 1.20. The van der Waals surface area contributed by atoms with Crippen LogP contribution >= 0.6 is 0 Å². The second-order valence-electron chi connectivity index (χ2n) is 5.23. The molecule has 5 heteroatoms. The molecular weight excluding hydrogens is 269 g/mol. The number of benzene rings is 1. The van der Waals surface area contributed by atoms with Crippen molar-refractivity contribution in [1.82, 2.24) is 10.2 Å². The molecule has 0 aromatic heterocycles. The van der Waals surface area contributed by atoms with Crippen LogP contribution in [0.4, 0.5) is 4.39 Å². The molecule has 0 heterocycles. The van der Waals surface area contributed by atoms with Gasteiger partial charge in [0, 0.05) is 33.8 Å². The van der Waals surface area contributed by atoms with Crippen molar-refractivity contribution >= 4 is 5.96 Å². The first-order chi connectivity index (χ1) is 10.0. The summed E-state index contributed by atoms with van der Waals surface area (Å²) in [6.45, 7) is 6.30. The molecule has 0 saturated carbocycles. The Morgan fingerprint density at radius 3 is 2.57 bits per heavy atom. The topological polar surface area (TPSA) is 36.9 Å². The minimum atomic E-state index is -0.214. The van der Waals surface area contributed by atoms with E-state index < -0.39 is 0 Å². The first-order valence-corrected chi connectivity index (χ1v) is 7.30. The summed E-state index contributed by atoms with van der Waals surface area (Å²) in [6, 6.07) is 6.52. The summed E-state index contributed by atoms with van der Waals surface area (Å²) in [5, 5.41) is 3.30. The highest BCUT2D eigenvalue weighted by atomic mass is 19.1. The summed E-state index contributed by atoms with van der Waals surface area (Å²) in [4.78, 5) is 6.26. The maximum atomic E-state index is 12.9. The number of halogens is 1. The Morgan fingerprint density at radius 2 is 2.00 bits per heavy atom. The standard InChI is InChI=1S/C16H26FN3O/c1-13(2)21-11-5-10-19-16(18-3)20(4)12-14-6-8-15(17)9-7-14/h6-9,13H,5,10-12H2,1-4H3,(H,18,19). The first kappa shape index (κ1) is 17.4. The van der Waals surface area contributed by atoms with E-state index in [0.717, 1.165) is 31.1 Å². The number of nitrogens with one attached hydrogen (secondary N) is 1. The maximum absolute atomic E-state index is 12.9. The fourth-order valence-electron chi connectivity index (χ4n) is 1.91. The zero-order valence-electron chi connectivity index (χ0n) is 13.4. The smallest absolute Gasteiger partial charge is 0.193 e. The molecule has 0 atom stereocenters. The number of guanidine groups is 1.